The summed E-state index contributed by atoms with van der Waals surface area (Å²) in [4.78, 5) is 14.1. The largest absolute Gasteiger partial charge is 0.497 e. The molecule has 5 aromatic carbocycles. The molecule has 7 heteroatoms. The summed E-state index contributed by atoms with van der Waals surface area (Å²) in [5, 5.41) is 11.2. The Hall–Kier alpha value is -5.11. The fourth-order valence-corrected chi connectivity index (χ4v) is 5.50. The Kier molecular flexibility index (Phi) is 12.0. The van der Waals surface area contributed by atoms with E-state index in [1.807, 2.05) is 72.8 Å². The van der Waals surface area contributed by atoms with Crippen LogP contribution in [0.5, 0.6) is 23.0 Å². The molecule has 0 amide bonds. The first-order valence-electron chi connectivity index (χ1n) is 15.7. The van der Waals surface area contributed by atoms with Gasteiger partial charge in [-0.2, -0.15) is 0 Å². The number of methoxy groups -OCH3 is 2. The molecular weight excluding hydrogens is 590 g/mol. The van der Waals surface area contributed by atoms with Crippen LogP contribution in [0.2, 0.25) is 0 Å². The van der Waals surface area contributed by atoms with E-state index in [0.717, 1.165) is 40.0 Å². The first kappa shape index (κ1) is 33.3. The van der Waals surface area contributed by atoms with Crippen LogP contribution in [0.15, 0.2) is 127 Å². The van der Waals surface area contributed by atoms with E-state index >= 15 is 0 Å². The minimum absolute atomic E-state index is 0.0159. The standard InChI is InChI=1S/C40H41NO6/c1-44-36-17-13-32(14-18-36)39(33-15-19-37(45-2)20-16-33)26-41(24-30-9-5-3-6-10-30)25-35(43)29-46-38-21-22-40(34(23-38)27-42)47-28-31-11-7-4-8-12-31/h3-23,27,35,39,43H,24-26,28-29H2,1-2H3/t35-/m0/s1. The molecule has 0 aromatic heterocycles. The second kappa shape index (κ2) is 17.0. The van der Waals surface area contributed by atoms with E-state index < -0.39 is 6.10 Å². The van der Waals surface area contributed by atoms with Crippen molar-refractivity contribution in [1.29, 1.82) is 0 Å². The van der Waals surface area contributed by atoms with Crippen LogP contribution in [-0.4, -0.2) is 56.3 Å². The number of rotatable bonds is 17. The van der Waals surface area contributed by atoms with E-state index in [1.165, 1.54) is 0 Å². The van der Waals surface area contributed by atoms with Gasteiger partial charge in [0.25, 0.3) is 0 Å². The molecule has 0 bridgehead atoms. The SMILES string of the molecule is COc1ccc(C(CN(Cc2ccccc2)C[C@H](O)COc2ccc(OCc3ccccc3)c(C=O)c2)c2ccc(OC)cc2)cc1. The lowest BCUT2D eigenvalue weighted by atomic mass is 9.90. The maximum Gasteiger partial charge on any atom is 0.153 e. The Morgan fingerprint density at radius 3 is 1.77 bits per heavy atom. The van der Waals surface area contributed by atoms with Gasteiger partial charge in [-0.3, -0.25) is 9.69 Å². The van der Waals surface area contributed by atoms with Crippen LogP contribution in [0.3, 0.4) is 0 Å². The van der Waals surface area contributed by atoms with Gasteiger partial charge in [-0.15, -0.1) is 0 Å². The van der Waals surface area contributed by atoms with Crippen molar-refractivity contribution in [2.24, 2.45) is 0 Å². The van der Waals surface area contributed by atoms with Crippen LogP contribution >= 0.6 is 0 Å². The molecule has 0 fully saturated rings. The molecule has 0 radical (unpaired) electrons. The molecule has 0 aliphatic heterocycles. The number of carbonyl (C=O) groups is 1. The minimum Gasteiger partial charge on any atom is -0.497 e. The molecule has 1 atom stereocenters. The van der Waals surface area contributed by atoms with E-state index in [4.69, 9.17) is 18.9 Å². The number of ether oxygens (including phenoxy) is 4. The van der Waals surface area contributed by atoms with E-state index in [0.29, 0.717) is 43.3 Å². The van der Waals surface area contributed by atoms with Gasteiger partial charge < -0.3 is 24.1 Å². The smallest absolute Gasteiger partial charge is 0.153 e. The summed E-state index contributed by atoms with van der Waals surface area (Å²) in [5.74, 6) is 2.58. The van der Waals surface area contributed by atoms with Gasteiger partial charge in [-0.25, -0.2) is 0 Å². The predicted octanol–water partition coefficient (Wildman–Crippen LogP) is 7.17. The molecule has 0 saturated carbocycles. The van der Waals surface area contributed by atoms with E-state index in [1.54, 1.807) is 32.4 Å². The zero-order valence-electron chi connectivity index (χ0n) is 26.8. The normalized spacial score (nSPS) is 11.7. The summed E-state index contributed by atoms with van der Waals surface area (Å²) in [6, 6.07) is 41.4. The lowest BCUT2D eigenvalue weighted by Gasteiger charge is -2.30. The highest BCUT2D eigenvalue weighted by Gasteiger charge is 2.22. The molecule has 0 heterocycles. The Balaban J connectivity index is 1.30. The molecule has 0 aliphatic carbocycles. The highest BCUT2D eigenvalue weighted by atomic mass is 16.5. The summed E-state index contributed by atoms with van der Waals surface area (Å²) >= 11 is 0. The van der Waals surface area contributed by atoms with E-state index in [-0.39, 0.29) is 12.5 Å². The summed E-state index contributed by atoms with van der Waals surface area (Å²) < 4.78 is 22.7. The van der Waals surface area contributed by atoms with Crippen LogP contribution in [0, 0.1) is 0 Å². The van der Waals surface area contributed by atoms with Gasteiger partial charge in [0.1, 0.15) is 42.3 Å². The van der Waals surface area contributed by atoms with Crippen molar-refractivity contribution in [3.8, 4) is 23.0 Å². The van der Waals surface area contributed by atoms with Gasteiger partial charge in [-0.05, 0) is 64.7 Å². The van der Waals surface area contributed by atoms with Gasteiger partial charge in [-0.1, -0.05) is 84.9 Å². The van der Waals surface area contributed by atoms with Crippen molar-refractivity contribution in [3.05, 3.63) is 155 Å². The zero-order valence-corrected chi connectivity index (χ0v) is 26.8. The Morgan fingerprint density at radius 1 is 0.660 bits per heavy atom. The van der Waals surface area contributed by atoms with Crippen LogP contribution < -0.4 is 18.9 Å². The van der Waals surface area contributed by atoms with Gasteiger partial charge in [0.05, 0.1) is 19.8 Å². The number of hydrogen-bond donors (Lipinski definition) is 1. The number of aliphatic hydroxyl groups is 1. The third kappa shape index (κ3) is 9.69. The molecule has 7 nitrogen and oxygen atoms in total. The highest BCUT2D eigenvalue weighted by Crippen LogP contribution is 2.30. The topological polar surface area (TPSA) is 77.5 Å². The molecule has 0 spiro atoms. The molecule has 5 rings (SSSR count). The third-order valence-electron chi connectivity index (χ3n) is 7.98. The molecule has 0 unspecified atom stereocenters. The van der Waals surface area contributed by atoms with Crippen molar-refractivity contribution < 1.29 is 28.8 Å². The Labute approximate surface area is 276 Å². The monoisotopic (exact) mass is 631 g/mol. The van der Waals surface area contributed by atoms with Gasteiger partial charge in [0.2, 0.25) is 0 Å². The lowest BCUT2D eigenvalue weighted by molar-refractivity contribution is 0.0644. The Morgan fingerprint density at radius 2 is 1.21 bits per heavy atom. The first-order valence-corrected chi connectivity index (χ1v) is 15.7. The third-order valence-corrected chi connectivity index (χ3v) is 7.98. The van der Waals surface area contributed by atoms with E-state index in [9.17, 15) is 9.90 Å². The molecule has 242 valence electrons. The average Bonchev–Trinajstić information content (AvgIpc) is 3.13. The fourth-order valence-electron chi connectivity index (χ4n) is 5.50. The fraction of sp³-hybridized carbons (Fsp3) is 0.225. The summed E-state index contributed by atoms with van der Waals surface area (Å²) in [6.07, 6.45) is -0.0382. The van der Waals surface area contributed by atoms with Crippen LogP contribution in [-0.2, 0) is 13.2 Å². The molecule has 0 saturated heterocycles. The molecule has 1 N–H and O–H groups in total. The summed E-state index contributed by atoms with van der Waals surface area (Å²) in [7, 11) is 3.32. The first-order chi connectivity index (χ1) is 23.0. The molecular formula is C40H41NO6. The van der Waals surface area contributed by atoms with Crippen molar-refractivity contribution in [2.45, 2.75) is 25.2 Å². The second-order valence-corrected chi connectivity index (χ2v) is 11.3. The Bertz CT molecular complexity index is 1610. The summed E-state index contributed by atoms with van der Waals surface area (Å²) in [6.45, 7) is 2.07. The maximum absolute atomic E-state index is 11.9. The zero-order chi connectivity index (χ0) is 32.8. The summed E-state index contributed by atoms with van der Waals surface area (Å²) in [5.41, 5.74) is 4.81. The molecule has 47 heavy (non-hydrogen) atoms. The van der Waals surface area contributed by atoms with Crippen molar-refractivity contribution in [2.75, 3.05) is 33.9 Å². The molecule has 5 aromatic rings. The maximum atomic E-state index is 11.9. The number of hydrogen-bond acceptors (Lipinski definition) is 7. The van der Waals surface area contributed by atoms with Crippen molar-refractivity contribution >= 4 is 6.29 Å². The number of benzene rings is 5. The number of aliphatic hydroxyl groups excluding tert-OH is 1. The number of aldehydes is 1. The van der Waals surface area contributed by atoms with Crippen molar-refractivity contribution in [3.63, 3.8) is 0 Å². The minimum atomic E-state index is -0.792. The number of nitrogens with zero attached hydrogens (tertiary/aromatic N) is 1. The van der Waals surface area contributed by atoms with E-state index in [2.05, 4.69) is 41.3 Å². The van der Waals surface area contributed by atoms with Crippen LogP contribution in [0.1, 0.15) is 38.5 Å². The van der Waals surface area contributed by atoms with Crippen LogP contribution in [0.4, 0.5) is 0 Å². The quantitative estimate of drug-likeness (QED) is 0.109. The lowest BCUT2D eigenvalue weighted by Crippen LogP contribution is -2.38. The van der Waals surface area contributed by atoms with Gasteiger partial charge >= 0.3 is 0 Å². The average molecular weight is 632 g/mol. The molecule has 0 aliphatic rings. The van der Waals surface area contributed by atoms with Gasteiger partial charge in [0, 0.05) is 25.6 Å². The predicted molar refractivity (Wildman–Crippen MR) is 184 cm³/mol. The highest BCUT2D eigenvalue weighted by molar-refractivity contribution is 5.80. The van der Waals surface area contributed by atoms with Crippen LogP contribution in [0.25, 0.3) is 0 Å². The van der Waals surface area contributed by atoms with Gasteiger partial charge in [0.15, 0.2) is 6.29 Å². The second-order valence-electron chi connectivity index (χ2n) is 11.3. The number of carbonyl (C=O) groups excluding carboxylic acids is 1. The van der Waals surface area contributed by atoms with Crippen molar-refractivity contribution in [1.82, 2.24) is 4.90 Å².